The van der Waals surface area contributed by atoms with E-state index in [0.717, 1.165) is 0 Å². The summed E-state index contributed by atoms with van der Waals surface area (Å²) < 4.78 is 0. The lowest BCUT2D eigenvalue weighted by molar-refractivity contribution is 0.572. The van der Waals surface area contributed by atoms with Gasteiger partial charge >= 0.3 is 0 Å². The van der Waals surface area contributed by atoms with Crippen molar-refractivity contribution in [3.8, 4) is 0 Å². The highest BCUT2D eigenvalue weighted by atomic mass is 14.2. The van der Waals surface area contributed by atoms with Crippen LogP contribution in [0.5, 0.6) is 0 Å². The molecule has 0 aromatic carbocycles. The van der Waals surface area contributed by atoms with E-state index in [4.69, 9.17) is 0 Å². The zero-order chi connectivity index (χ0) is 22.4. The summed E-state index contributed by atoms with van der Waals surface area (Å²) in [4.78, 5) is 0. The third-order valence-corrected chi connectivity index (χ3v) is 7.32. The van der Waals surface area contributed by atoms with E-state index in [0.29, 0.717) is 0 Å². The summed E-state index contributed by atoms with van der Waals surface area (Å²) in [6.45, 7) is 6.95. The summed E-state index contributed by atoms with van der Waals surface area (Å²) in [5.74, 6) is 0. The highest BCUT2D eigenvalue weighted by molar-refractivity contribution is 5.42. The number of unbranched alkanes of at least 4 members (excludes halogenated alkanes) is 17. The molecule has 0 nitrogen and oxygen atoms in total. The van der Waals surface area contributed by atoms with Gasteiger partial charge in [-0.2, -0.15) is 0 Å². The molecule has 0 heterocycles. The van der Waals surface area contributed by atoms with Gasteiger partial charge in [0.1, 0.15) is 0 Å². The SMILES string of the molecule is CCCCCCCCCCC1=C(CCCCCCCC)C(CCCCCCCC)=CC1. The van der Waals surface area contributed by atoms with Crippen LogP contribution in [-0.2, 0) is 0 Å². The van der Waals surface area contributed by atoms with Crippen LogP contribution in [0.3, 0.4) is 0 Å². The highest BCUT2D eigenvalue weighted by Crippen LogP contribution is 2.36. The first kappa shape index (κ1) is 28.5. The molecule has 1 rings (SSSR count). The second-order valence-electron chi connectivity index (χ2n) is 10.3. The van der Waals surface area contributed by atoms with Crippen LogP contribution in [0.2, 0.25) is 0 Å². The Morgan fingerprint density at radius 3 is 1.32 bits per heavy atom. The topological polar surface area (TPSA) is 0 Å². The molecule has 0 amide bonds. The lowest BCUT2D eigenvalue weighted by atomic mass is 9.93. The molecule has 0 bridgehead atoms. The van der Waals surface area contributed by atoms with Gasteiger partial charge in [0.05, 0.1) is 0 Å². The summed E-state index contributed by atoms with van der Waals surface area (Å²) in [5.41, 5.74) is 5.42. The zero-order valence-electron chi connectivity index (χ0n) is 22.0. The Morgan fingerprint density at radius 1 is 0.452 bits per heavy atom. The van der Waals surface area contributed by atoms with Crippen molar-refractivity contribution in [2.24, 2.45) is 0 Å². The smallest absolute Gasteiger partial charge is 0.0127 e. The van der Waals surface area contributed by atoms with E-state index >= 15 is 0 Å². The lowest BCUT2D eigenvalue weighted by Crippen LogP contribution is -1.94. The first-order chi connectivity index (χ1) is 15.3. The van der Waals surface area contributed by atoms with Crippen molar-refractivity contribution in [1.29, 1.82) is 0 Å². The van der Waals surface area contributed by atoms with E-state index in [-0.39, 0.29) is 0 Å². The van der Waals surface area contributed by atoms with Gasteiger partial charge < -0.3 is 0 Å². The summed E-state index contributed by atoms with van der Waals surface area (Å²) in [5, 5.41) is 0. The van der Waals surface area contributed by atoms with Crippen LogP contribution >= 0.6 is 0 Å². The van der Waals surface area contributed by atoms with Gasteiger partial charge in [-0.1, -0.05) is 142 Å². The maximum absolute atomic E-state index is 2.62. The number of allylic oxidation sites excluding steroid dienone is 4. The van der Waals surface area contributed by atoms with Crippen LogP contribution in [0.1, 0.15) is 175 Å². The summed E-state index contributed by atoms with van der Waals surface area (Å²) >= 11 is 0. The molecule has 0 radical (unpaired) electrons. The van der Waals surface area contributed by atoms with E-state index in [1.807, 2.05) is 11.1 Å². The van der Waals surface area contributed by atoms with Crippen molar-refractivity contribution in [3.05, 3.63) is 22.8 Å². The Bertz CT molecular complexity index is 453. The number of hydrogen-bond donors (Lipinski definition) is 0. The van der Waals surface area contributed by atoms with Crippen molar-refractivity contribution in [2.75, 3.05) is 0 Å². The predicted octanol–water partition coefficient (Wildman–Crippen LogP) is 11.6. The predicted molar refractivity (Wildman–Crippen MR) is 143 cm³/mol. The van der Waals surface area contributed by atoms with Crippen molar-refractivity contribution < 1.29 is 0 Å². The van der Waals surface area contributed by atoms with Gasteiger partial charge in [0, 0.05) is 0 Å². The number of hydrogen-bond acceptors (Lipinski definition) is 0. The molecule has 0 heteroatoms. The normalized spacial score (nSPS) is 14.0. The van der Waals surface area contributed by atoms with Gasteiger partial charge in [-0.3, -0.25) is 0 Å². The van der Waals surface area contributed by atoms with Crippen LogP contribution in [0.15, 0.2) is 22.8 Å². The fourth-order valence-electron chi connectivity index (χ4n) is 5.21. The molecule has 0 spiro atoms. The van der Waals surface area contributed by atoms with Gasteiger partial charge in [-0.05, 0) is 56.1 Å². The highest BCUT2D eigenvalue weighted by Gasteiger charge is 2.16. The minimum Gasteiger partial charge on any atom is -0.0770 e. The first-order valence-electron chi connectivity index (χ1n) is 14.7. The molecule has 0 aliphatic heterocycles. The van der Waals surface area contributed by atoms with Crippen LogP contribution < -0.4 is 0 Å². The van der Waals surface area contributed by atoms with Crippen LogP contribution in [0, 0.1) is 0 Å². The fourth-order valence-corrected chi connectivity index (χ4v) is 5.21. The van der Waals surface area contributed by atoms with E-state index in [1.54, 1.807) is 5.57 Å². The maximum atomic E-state index is 2.62. The monoisotopic (exact) mass is 430 g/mol. The minimum absolute atomic E-state index is 1.28. The molecule has 0 fully saturated rings. The molecule has 1 aliphatic carbocycles. The second kappa shape index (κ2) is 21.3. The Morgan fingerprint density at radius 2 is 0.839 bits per heavy atom. The van der Waals surface area contributed by atoms with Crippen LogP contribution in [0.25, 0.3) is 0 Å². The summed E-state index contributed by atoms with van der Waals surface area (Å²) in [6.07, 6.45) is 36.6. The quantitative estimate of drug-likeness (QED) is 0.141. The minimum atomic E-state index is 1.28. The number of rotatable bonds is 23. The largest absolute Gasteiger partial charge is 0.0770 e. The molecule has 0 aromatic heterocycles. The van der Waals surface area contributed by atoms with Crippen molar-refractivity contribution in [3.63, 3.8) is 0 Å². The standard InChI is InChI=1S/C31H58/c1-4-7-10-13-16-17-19-22-25-30-28-27-29(24-21-18-14-11-8-5-2)31(30)26-23-20-15-12-9-6-3/h27H,4-26,28H2,1-3H3. The van der Waals surface area contributed by atoms with Gasteiger partial charge in [0.15, 0.2) is 0 Å². The Hall–Kier alpha value is -0.520. The molecule has 0 N–H and O–H groups in total. The van der Waals surface area contributed by atoms with Crippen molar-refractivity contribution in [2.45, 2.75) is 175 Å². The van der Waals surface area contributed by atoms with Crippen LogP contribution in [-0.4, -0.2) is 0 Å². The van der Waals surface area contributed by atoms with Gasteiger partial charge in [-0.15, -0.1) is 0 Å². The molecule has 0 atom stereocenters. The van der Waals surface area contributed by atoms with E-state index < -0.39 is 0 Å². The van der Waals surface area contributed by atoms with Gasteiger partial charge in [0.25, 0.3) is 0 Å². The van der Waals surface area contributed by atoms with E-state index in [9.17, 15) is 0 Å². The van der Waals surface area contributed by atoms with Crippen molar-refractivity contribution >= 4 is 0 Å². The summed E-state index contributed by atoms with van der Waals surface area (Å²) in [6, 6.07) is 0. The molecule has 31 heavy (non-hydrogen) atoms. The van der Waals surface area contributed by atoms with Gasteiger partial charge in [0.2, 0.25) is 0 Å². The maximum Gasteiger partial charge on any atom is -0.0127 e. The first-order valence-corrected chi connectivity index (χ1v) is 14.7. The molecule has 0 saturated carbocycles. The molecule has 0 saturated heterocycles. The van der Waals surface area contributed by atoms with Crippen LogP contribution in [0.4, 0.5) is 0 Å². The Labute approximate surface area is 197 Å². The van der Waals surface area contributed by atoms with E-state index in [2.05, 4.69) is 26.8 Å². The third kappa shape index (κ3) is 15.0. The molecular formula is C31H58. The lowest BCUT2D eigenvalue weighted by Gasteiger charge is -2.13. The Kier molecular flexibility index (Phi) is 19.6. The molecule has 1 aliphatic rings. The molecule has 182 valence electrons. The third-order valence-electron chi connectivity index (χ3n) is 7.32. The average molecular weight is 431 g/mol. The molecule has 0 unspecified atom stereocenters. The average Bonchev–Trinajstić information content (AvgIpc) is 3.16. The molecular weight excluding hydrogens is 372 g/mol. The van der Waals surface area contributed by atoms with E-state index in [1.165, 1.54) is 154 Å². The zero-order valence-corrected chi connectivity index (χ0v) is 22.0. The Balaban J connectivity index is 2.36. The fraction of sp³-hybridized carbons (Fsp3) is 0.871. The second-order valence-corrected chi connectivity index (χ2v) is 10.3. The summed E-state index contributed by atoms with van der Waals surface area (Å²) in [7, 11) is 0. The molecule has 0 aromatic rings. The van der Waals surface area contributed by atoms with Crippen molar-refractivity contribution in [1.82, 2.24) is 0 Å². The van der Waals surface area contributed by atoms with Gasteiger partial charge in [-0.25, -0.2) is 0 Å².